The van der Waals surface area contributed by atoms with E-state index in [4.69, 9.17) is 4.42 Å². The quantitative estimate of drug-likeness (QED) is 0.560. The fourth-order valence-electron chi connectivity index (χ4n) is 4.03. The third-order valence-corrected chi connectivity index (χ3v) is 6.71. The average Bonchev–Trinajstić information content (AvgIpc) is 3.35. The Morgan fingerprint density at radius 3 is 2.55 bits per heavy atom. The molecule has 1 atom stereocenters. The van der Waals surface area contributed by atoms with E-state index in [2.05, 4.69) is 61.3 Å². The van der Waals surface area contributed by atoms with Crippen LogP contribution in [-0.2, 0) is 0 Å². The van der Waals surface area contributed by atoms with Gasteiger partial charge in [-0.15, -0.1) is 11.3 Å². The summed E-state index contributed by atoms with van der Waals surface area (Å²) in [4.78, 5) is 16.4. The van der Waals surface area contributed by atoms with Crippen LogP contribution in [0.15, 0.2) is 53.1 Å². The first-order valence-corrected chi connectivity index (χ1v) is 11.1. The van der Waals surface area contributed by atoms with Gasteiger partial charge in [0.1, 0.15) is 5.00 Å². The number of nitrogens with zero attached hydrogens (tertiary/aromatic N) is 1. The Labute approximate surface area is 176 Å². The average molecular weight is 409 g/mol. The molecule has 1 unspecified atom stereocenters. The van der Waals surface area contributed by atoms with E-state index >= 15 is 0 Å². The molecule has 2 aromatic heterocycles. The first kappa shape index (κ1) is 19.9. The Morgan fingerprint density at radius 1 is 1.17 bits per heavy atom. The highest BCUT2D eigenvalue weighted by molar-refractivity contribution is 7.16. The highest BCUT2D eigenvalue weighted by Gasteiger charge is 2.29. The van der Waals surface area contributed by atoms with E-state index in [9.17, 15) is 4.79 Å². The molecule has 3 aromatic rings. The summed E-state index contributed by atoms with van der Waals surface area (Å²) in [7, 11) is 0. The lowest BCUT2D eigenvalue weighted by Crippen LogP contribution is -2.37. The summed E-state index contributed by atoms with van der Waals surface area (Å²) in [5.74, 6) is 0.904. The third-order valence-electron chi connectivity index (χ3n) is 5.73. The molecule has 5 heteroatoms. The van der Waals surface area contributed by atoms with Crippen LogP contribution in [0.1, 0.15) is 57.9 Å². The van der Waals surface area contributed by atoms with Gasteiger partial charge in [-0.05, 0) is 69.5 Å². The minimum Gasteiger partial charge on any atom is -0.459 e. The van der Waals surface area contributed by atoms with Crippen molar-refractivity contribution in [2.24, 2.45) is 5.92 Å². The molecule has 0 radical (unpaired) electrons. The standard InChI is InChI=1S/C24H28N2O2S/c1-16-6-8-19(9-7-16)22(26-12-10-17(2)11-13-26)20-15-18(3)29-24(20)25-23(27)21-5-4-14-28-21/h4-9,14-15,17,22H,10-13H2,1-3H3,(H,25,27). The number of rotatable bonds is 5. The summed E-state index contributed by atoms with van der Waals surface area (Å²) < 4.78 is 5.28. The Hall–Kier alpha value is -2.37. The number of hydrogen-bond donors (Lipinski definition) is 1. The SMILES string of the molecule is Cc1ccc(C(c2cc(C)sc2NC(=O)c2ccco2)N2CCC(C)CC2)cc1. The summed E-state index contributed by atoms with van der Waals surface area (Å²) in [5, 5.41) is 4.01. The van der Waals surface area contributed by atoms with Crippen LogP contribution in [0.2, 0.25) is 0 Å². The van der Waals surface area contributed by atoms with Crippen LogP contribution in [0.5, 0.6) is 0 Å². The lowest BCUT2D eigenvalue weighted by molar-refractivity contribution is 0.0996. The predicted molar refractivity (Wildman–Crippen MR) is 119 cm³/mol. The van der Waals surface area contributed by atoms with E-state index in [0.717, 1.165) is 24.0 Å². The maximum absolute atomic E-state index is 12.6. The normalized spacial score (nSPS) is 16.7. The van der Waals surface area contributed by atoms with E-state index in [1.807, 2.05) is 0 Å². The van der Waals surface area contributed by atoms with Gasteiger partial charge in [0, 0.05) is 10.4 Å². The van der Waals surface area contributed by atoms with Crippen molar-refractivity contribution in [2.45, 2.75) is 39.7 Å². The van der Waals surface area contributed by atoms with Crippen molar-refractivity contribution in [1.82, 2.24) is 4.90 Å². The van der Waals surface area contributed by atoms with Crippen molar-refractivity contribution in [2.75, 3.05) is 18.4 Å². The molecule has 1 saturated heterocycles. The van der Waals surface area contributed by atoms with Crippen LogP contribution in [0.4, 0.5) is 5.00 Å². The second-order valence-electron chi connectivity index (χ2n) is 8.10. The number of piperidine rings is 1. The minimum atomic E-state index is -0.201. The molecule has 1 amide bonds. The Balaban J connectivity index is 1.70. The van der Waals surface area contributed by atoms with Crippen LogP contribution in [-0.4, -0.2) is 23.9 Å². The van der Waals surface area contributed by atoms with Crippen molar-refractivity contribution in [3.05, 3.63) is 76.1 Å². The molecule has 152 valence electrons. The fraction of sp³-hybridized carbons (Fsp3) is 0.375. The molecule has 1 aromatic carbocycles. The number of carbonyl (C=O) groups excluding carboxylic acids is 1. The number of anilines is 1. The van der Waals surface area contributed by atoms with E-state index in [1.54, 1.807) is 23.5 Å². The molecule has 4 rings (SSSR count). The number of nitrogens with one attached hydrogen (secondary N) is 1. The van der Waals surface area contributed by atoms with E-state index in [1.165, 1.54) is 40.7 Å². The Bertz CT molecular complexity index is 951. The van der Waals surface area contributed by atoms with Gasteiger partial charge >= 0.3 is 0 Å². The van der Waals surface area contributed by atoms with Gasteiger partial charge in [0.05, 0.1) is 12.3 Å². The number of likely N-dealkylation sites (tertiary alicyclic amines) is 1. The molecule has 29 heavy (non-hydrogen) atoms. The minimum absolute atomic E-state index is 0.139. The summed E-state index contributed by atoms with van der Waals surface area (Å²) in [6, 6.07) is 14.6. The maximum atomic E-state index is 12.6. The Morgan fingerprint density at radius 2 is 1.90 bits per heavy atom. The first-order chi connectivity index (χ1) is 14.0. The summed E-state index contributed by atoms with van der Waals surface area (Å²) in [6.45, 7) is 8.69. The van der Waals surface area contributed by atoms with Crippen LogP contribution in [0.25, 0.3) is 0 Å². The lowest BCUT2D eigenvalue weighted by Gasteiger charge is -2.37. The molecular weight excluding hydrogens is 380 g/mol. The van der Waals surface area contributed by atoms with Crippen LogP contribution in [0.3, 0.4) is 0 Å². The number of aryl methyl sites for hydroxylation is 2. The molecule has 0 spiro atoms. The molecule has 0 bridgehead atoms. The second-order valence-corrected chi connectivity index (χ2v) is 9.36. The largest absolute Gasteiger partial charge is 0.459 e. The number of furan rings is 1. The van der Waals surface area contributed by atoms with E-state index in [0.29, 0.717) is 5.76 Å². The van der Waals surface area contributed by atoms with Crippen molar-refractivity contribution in [3.8, 4) is 0 Å². The van der Waals surface area contributed by atoms with Crippen molar-refractivity contribution < 1.29 is 9.21 Å². The maximum Gasteiger partial charge on any atom is 0.291 e. The molecule has 1 aliphatic rings. The van der Waals surface area contributed by atoms with Gasteiger partial charge in [-0.1, -0.05) is 36.8 Å². The van der Waals surface area contributed by atoms with Gasteiger partial charge in [-0.25, -0.2) is 0 Å². The van der Waals surface area contributed by atoms with Gasteiger partial charge in [-0.2, -0.15) is 0 Å². The number of amides is 1. The van der Waals surface area contributed by atoms with Crippen molar-refractivity contribution in [3.63, 3.8) is 0 Å². The molecule has 1 N–H and O–H groups in total. The molecule has 3 heterocycles. The topological polar surface area (TPSA) is 45.5 Å². The Kier molecular flexibility index (Phi) is 5.88. The summed E-state index contributed by atoms with van der Waals surface area (Å²) >= 11 is 1.63. The monoisotopic (exact) mass is 408 g/mol. The molecule has 0 aliphatic carbocycles. The summed E-state index contributed by atoms with van der Waals surface area (Å²) in [6.07, 6.45) is 3.94. The smallest absolute Gasteiger partial charge is 0.291 e. The molecule has 1 fully saturated rings. The first-order valence-electron chi connectivity index (χ1n) is 10.3. The predicted octanol–water partition coefficient (Wildman–Crippen LogP) is 6.03. The van der Waals surface area contributed by atoms with Gasteiger partial charge < -0.3 is 9.73 Å². The van der Waals surface area contributed by atoms with Crippen molar-refractivity contribution in [1.29, 1.82) is 0 Å². The lowest BCUT2D eigenvalue weighted by atomic mass is 9.92. The van der Waals surface area contributed by atoms with Crippen LogP contribution >= 0.6 is 11.3 Å². The van der Waals surface area contributed by atoms with Gasteiger partial charge in [-0.3, -0.25) is 9.69 Å². The molecular formula is C24H28N2O2S. The fourth-order valence-corrected chi connectivity index (χ4v) is 4.97. The second kappa shape index (κ2) is 8.56. The third kappa shape index (κ3) is 4.46. The zero-order chi connectivity index (χ0) is 20.4. The number of thiophene rings is 1. The summed E-state index contributed by atoms with van der Waals surface area (Å²) in [5.41, 5.74) is 3.70. The highest BCUT2D eigenvalue weighted by Crippen LogP contribution is 2.40. The number of carbonyl (C=O) groups is 1. The molecule has 1 aliphatic heterocycles. The van der Waals surface area contributed by atoms with Gasteiger partial charge in [0.15, 0.2) is 5.76 Å². The zero-order valence-electron chi connectivity index (χ0n) is 17.3. The number of benzene rings is 1. The van der Waals surface area contributed by atoms with Crippen LogP contribution < -0.4 is 5.32 Å². The molecule has 0 saturated carbocycles. The van der Waals surface area contributed by atoms with E-state index < -0.39 is 0 Å². The molecule has 4 nitrogen and oxygen atoms in total. The van der Waals surface area contributed by atoms with Gasteiger partial charge in [0.2, 0.25) is 0 Å². The zero-order valence-corrected chi connectivity index (χ0v) is 18.1. The number of hydrogen-bond acceptors (Lipinski definition) is 4. The highest BCUT2D eigenvalue weighted by atomic mass is 32.1. The van der Waals surface area contributed by atoms with E-state index in [-0.39, 0.29) is 11.9 Å². The van der Waals surface area contributed by atoms with Crippen molar-refractivity contribution >= 4 is 22.2 Å². The van der Waals surface area contributed by atoms with Gasteiger partial charge in [0.25, 0.3) is 5.91 Å². The van der Waals surface area contributed by atoms with Crippen LogP contribution in [0, 0.1) is 19.8 Å².